The van der Waals surface area contributed by atoms with E-state index in [1.54, 1.807) is 6.07 Å². The van der Waals surface area contributed by atoms with Crippen LogP contribution < -0.4 is 16.0 Å². The van der Waals surface area contributed by atoms with Crippen molar-refractivity contribution < 1.29 is 18.4 Å². The first-order valence-electron chi connectivity index (χ1n) is 8.73. The minimum Gasteiger partial charge on any atom is -0.356 e. The van der Waals surface area contributed by atoms with Crippen molar-refractivity contribution in [2.24, 2.45) is 0 Å². The van der Waals surface area contributed by atoms with Crippen LogP contribution in [0.4, 0.5) is 8.78 Å². The Morgan fingerprint density at radius 3 is 2.62 bits per heavy atom. The Labute approximate surface area is 158 Å². The van der Waals surface area contributed by atoms with Gasteiger partial charge in [-0.1, -0.05) is 6.07 Å². The van der Waals surface area contributed by atoms with E-state index < -0.39 is 11.6 Å². The maximum Gasteiger partial charge on any atom is 0.220 e. The summed E-state index contributed by atoms with van der Waals surface area (Å²) in [5.41, 5.74) is 0.688. The minimum absolute atomic E-state index is 0. The number of hydrogen-bond acceptors (Lipinski definition) is 3. The molecular weight excluding hydrogens is 364 g/mol. The van der Waals surface area contributed by atoms with Crippen LogP contribution in [0.3, 0.4) is 0 Å². The van der Waals surface area contributed by atoms with E-state index in [1.165, 1.54) is 6.07 Å². The molecule has 1 aliphatic heterocycles. The molecule has 1 aromatic rings. The number of benzene rings is 1. The third kappa shape index (κ3) is 6.53. The van der Waals surface area contributed by atoms with Crippen molar-refractivity contribution in [3.05, 3.63) is 35.4 Å². The van der Waals surface area contributed by atoms with Crippen LogP contribution in [0.5, 0.6) is 0 Å². The minimum atomic E-state index is -0.872. The zero-order chi connectivity index (χ0) is 18.2. The normalized spacial score (nSPS) is 19.3. The highest BCUT2D eigenvalue weighted by atomic mass is 35.5. The summed E-state index contributed by atoms with van der Waals surface area (Å²) >= 11 is 0. The Hall–Kier alpha value is -1.73. The van der Waals surface area contributed by atoms with Crippen molar-refractivity contribution in [2.75, 3.05) is 19.6 Å². The second-order valence-corrected chi connectivity index (χ2v) is 6.25. The Balaban J connectivity index is 0.00000338. The number of amides is 2. The summed E-state index contributed by atoms with van der Waals surface area (Å²) in [4.78, 5) is 23.5. The SMILES string of the molecule is CCNC(=O)CCCC(=O)NC1CNCCC1c1ccc(F)c(F)c1.Cl. The predicted molar refractivity (Wildman–Crippen MR) is 98.3 cm³/mol. The molecule has 0 bridgehead atoms. The number of carbonyl (C=O) groups is 2. The lowest BCUT2D eigenvalue weighted by Gasteiger charge is -2.33. The molecule has 0 radical (unpaired) electrons. The van der Waals surface area contributed by atoms with Gasteiger partial charge in [0.25, 0.3) is 0 Å². The van der Waals surface area contributed by atoms with Gasteiger partial charge in [0.1, 0.15) is 0 Å². The second kappa shape index (κ2) is 11.1. The maximum absolute atomic E-state index is 13.5. The van der Waals surface area contributed by atoms with Gasteiger partial charge in [-0.05, 0) is 44.0 Å². The van der Waals surface area contributed by atoms with Crippen LogP contribution in [0, 0.1) is 11.6 Å². The largest absolute Gasteiger partial charge is 0.356 e. The van der Waals surface area contributed by atoms with Crippen LogP contribution in [0.2, 0.25) is 0 Å². The molecule has 8 heteroatoms. The third-order valence-electron chi connectivity index (χ3n) is 4.38. The first-order chi connectivity index (χ1) is 12.0. The van der Waals surface area contributed by atoms with E-state index in [0.29, 0.717) is 31.5 Å². The highest BCUT2D eigenvalue weighted by molar-refractivity contribution is 5.85. The molecule has 2 atom stereocenters. The fourth-order valence-electron chi connectivity index (χ4n) is 3.13. The summed E-state index contributed by atoms with van der Waals surface area (Å²) < 4.78 is 26.7. The third-order valence-corrected chi connectivity index (χ3v) is 4.38. The molecule has 2 rings (SSSR count). The predicted octanol–water partition coefficient (Wildman–Crippen LogP) is 2.25. The zero-order valence-corrected chi connectivity index (χ0v) is 15.6. The molecule has 1 heterocycles. The lowest BCUT2D eigenvalue weighted by atomic mass is 9.86. The number of piperidine rings is 1. The Morgan fingerprint density at radius 2 is 1.92 bits per heavy atom. The van der Waals surface area contributed by atoms with E-state index in [4.69, 9.17) is 0 Å². The van der Waals surface area contributed by atoms with Crippen LogP contribution >= 0.6 is 12.4 Å². The van der Waals surface area contributed by atoms with Crippen LogP contribution in [-0.2, 0) is 9.59 Å². The summed E-state index contributed by atoms with van der Waals surface area (Å²) in [6.07, 6.45) is 1.79. The molecule has 26 heavy (non-hydrogen) atoms. The number of hydrogen-bond donors (Lipinski definition) is 3. The number of rotatable bonds is 7. The standard InChI is InChI=1S/C18H25F2N3O2.ClH/c1-2-22-17(24)4-3-5-18(25)23-16-11-21-9-8-13(16)12-6-7-14(19)15(20)10-12;/h6-7,10,13,16,21H,2-5,8-9,11H2,1H3,(H,22,24)(H,23,25);1H. The number of halogens is 3. The fraction of sp³-hybridized carbons (Fsp3) is 0.556. The zero-order valence-electron chi connectivity index (χ0n) is 14.8. The molecule has 1 fully saturated rings. The first-order valence-corrected chi connectivity index (χ1v) is 8.73. The van der Waals surface area contributed by atoms with Crippen molar-refractivity contribution in [3.63, 3.8) is 0 Å². The molecule has 2 amide bonds. The van der Waals surface area contributed by atoms with Crippen LogP contribution in [-0.4, -0.2) is 37.5 Å². The monoisotopic (exact) mass is 389 g/mol. The topological polar surface area (TPSA) is 70.2 Å². The van der Waals surface area contributed by atoms with Gasteiger partial charge in [0.15, 0.2) is 11.6 Å². The van der Waals surface area contributed by atoms with E-state index >= 15 is 0 Å². The second-order valence-electron chi connectivity index (χ2n) is 6.25. The first kappa shape index (κ1) is 22.3. The Bertz CT molecular complexity index is 616. The van der Waals surface area contributed by atoms with Gasteiger partial charge in [0, 0.05) is 37.9 Å². The van der Waals surface area contributed by atoms with Gasteiger partial charge in [-0.3, -0.25) is 9.59 Å². The van der Waals surface area contributed by atoms with Crippen LogP contribution in [0.15, 0.2) is 18.2 Å². The number of nitrogens with one attached hydrogen (secondary N) is 3. The summed E-state index contributed by atoms with van der Waals surface area (Å²) in [7, 11) is 0. The summed E-state index contributed by atoms with van der Waals surface area (Å²) in [5.74, 6) is -2.00. The van der Waals surface area contributed by atoms with Crippen molar-refractivity contribution >= 4 is 24.2 Å². The van der Waals surface area contributed by atoms with E-state index in [0.717, 1.165) is 19.0 Å². The molecule has 5 nitrogen and oxygen atoms in total. The van der Waals surface area contributed by atoms with Gasteiger partial charge in [-0.15, -0.1) is 12.4 Å². The number of carbonyl (C=O) groups excluding carboxylic acids is 2. The molecular formula is C18H26ClF2N3O2. The van der Waals surface area contributed by atoms with Gasteiger partial charge < -0.3 is 16.0 Å². The van der Waals surface area contributed by atoms with E-state index in [-0.39, 0.29) is 42.6 Å². The Kier molecular flexibility index (Phi) is 9.51. The fourth-order valence-corrected chi connectivity index (χ4v) is 3.13. The highest BCUT2D eigenvalue weighted by Gasteiger charge is 2.28. The maximum atomic E-state index is 13.5. The van der Waals surface area contributed by atoms with Gasteiger partial charge in [-0.25, -0.2) is 8.78 Å². The molecule has 1 aromatic carbocycles. The Morgan fingerprint density at radius 1 is 1.19 bits per heavy atom. The van der Waals surface area contributed by atoms with Gasteiger partial charge in [-0.2, -0.15) is 0 Å². The van der Waals surface area contributed by atoms with Crippen LogP contribution in [0.25, 0.3) is 0 Å². The van der Waals surface area contributed by atoms with E-state index in [1.807, 2.05) is 6.92 Å². The summed E-state index contributed by atoms with van der Waals surface area (Å²) in [6.45, 7) is 3.76. The molecule has 1 saturated heterocycles. The summed E-state index contributed by atoms with van der Waals surface area (Å²) in [5, 5.41) is 8.86. The molecule has 2 unspecified atom stereocenters. The van der Waals surface area contributed by atoms with Crippen molar-refractivity contribution in [3.8, 4) is 0 Å². The average molecular weight is 390 g/mol. The van der Waals surface area contributed by atoms with E-state index in [9.17, 15) is 18.4 Å². The smallest absolute Gasteiger partial charge is 0.220 e. The van der Waals surface area contributed by atoms with Crippen molar-refractivity contribution in [1.29, 1.82) is 0 Å². The highest BCUT2D eigenvalue weighted by Crippen LogP contribution is 2.27. The molecule has 0 aromatic heterocycles. The average Bonchev–Trinajstić information content (AvgIpc) is 2.58. The quantitative estimate of drug-likeness (QED) is 0.670. The molecule has 146 valence electrons. The lowest BCUT2D eigenvalue weighted by molar-refractivity contribution is -0.123. The van der Waals surface area contributed by atoms with E-state index in [2.05, 4.69) is 16.0 Å². The molecule has 1 aliphatic rings. The van der Waals surface area contributed by atoms with Crippen LogP contribution in [0.1, 0.15) is 44.1 Å². The molecule has 3 N–H and O–H groups in total. The van der Waals surface area contributed by atoms with Crippen molar-refractivity contribution in [1.82, 2.24) is 16.0 Å². The van der Waals surface area contributed by atoms with Crippen molar-refractivity contribution in [2.45, 2.75) is 44.6 Å². The molecule has 0 saturated carbocycles. The molecule has 0 spiro atoms. The lowest BCUT2D eigenvalue weighted by Crippen LogP contribution is -2.50. The molecule has 0 aliphatic carbocycles. The van der Waals surface area contributed by atoms with Gasteiger partial charge in [0.2, 0.25) is 11.8 Å². The summed E-state index contributed by atoms with van der Waals surface area (Å²) in [6, 6.07) is 3.72. The van der Waals surface area contributed by atoms with Gasteiger partial charge >= 0.3 is 0 Å². The van der Waals surface area contributed by atoms with Gasteiger partial charge in [0.05, 0.1) is 0 Å².